The lowest BCUT2D eigenvalue weighted by Crippen LogP contribution is -2.40. The van der Waals surface area contributed by atoms with Gasteiger partial charge in [0.15, 0.2) is 0 Å². The summed E-state index contributed by atoms with van der Waals surface area (Å²) in [7, 11) is 0. The molecule has 0 nitrogen and oxygen atoms in total. The molecule has 0 radical (unpaired) electrons. The molecular weight excluding hydrogens is 228 g/mol. The van der Waals surface area contributed by atoms with Gasteiger partial charge in [0.05, 0.1) is 0 Å². The van der Waals surface area contributed by atoms with Gasteiger partial charge in [-0.15, -0.1) is 0 Å². The van der Waals surface area contributed by atoms with Crippen LogP contribution in [-0.2, 0) is 0 Å². The SMILES string of the molecule is C1CCC2C(C1)CCC1C3CCCCC3CCCC21. The highest BCUT2D eigenvalue weighted by molar-refractivity contribution is 4.96. The molecule has 4 aliphatic carbocycles. The van der Waals surface area contributed by atoms with Gasteiger partial charge in [0.25, 0.3) is 0 Å². The number of rotatable bonds is 0. The molecule has 0 aromatic heterocycles. The van der Waals surface area contributed by atoms with E-state index in [9.17, 15) is 0 Å². The first kappa shape index (κ1) is 12.7. The maximum atomic E-state index is 1.62. The van der Waals surface area contributed by atoms with Gasteiger partial charge in [0.1, 0.15) is 0 Å². The average Bonchev–Trinajstić information content (AvgIpc) is 2.66. The molecule has 0 aliphatic heterocycles. The van der Waals surface area contributed by atoms with Crippen LogP contribution in [0.5, 0.6) is 0 Å². The van der Waals surface area contributed by atoms with Gasteiger partial charge in [-0.3, -0.25) is 0 Å². The van der Waals surface area contributed by atoms with Crippen molar-refractivity contribution in [3.8, 4) is 0 Å². The Kier molecular flexibility index (Phi) is 3.62. The van der Waals surface area contributed by atoms with Gasteiger partial charge in [-0.05, 0) is 67.6 Å². The maximum absolute atomic E-state index is 1.62. The summed E-state index contributed by atoms with van der Waals surface area (Å²) in [6.07, 6.45) is 20.6. The molecule has 6 atom stereocenters. The number of fused-ring (bicyclic) bond motifs is 5. The summed E-state index contributed by atoms with van der Waals surface area (Å²) < 4.78 is 0. The summed E-state index contributed by atoms with van der Waals surface area (Å²) in [5.74, 6) is 6.93. The van der Waals surface area contributed by atoms with Crippen molar-refractivity contribution >= 4 is 0 Å². The summed E-state index contributed by atoms with van der Waals surface area (Å²) in [6, 6.07) is 0. The van der Waals surface area contributed by atoms with E-state index in [1.807, 2.05) is 0 Å². The van der Waals surface area contributed by atoms with E-state index in [-0.39, 0.29) is 0 Å². The van der Waals surface area contributed by atoms with Crippen molar-refractivity contribution in [3.63, 3.8) is 0 Å². The quantitative estimate of drug-likeness (QED) is 0.515. The summed E-state index contributed by atoms with van der Waals surface area (Å²) >= 11 is 0. The van der Waals surface area contributed by atoms with Gasteiger partial charge in [-0.1, -0.05) is 51.4 Å². The molecule has 4 rings (SSSR count). The molecule has 108 valence electrons. The lowest BCUT2D eigenvalue weighted by atomic mass is 9.56. The van der Waals surface area contributed by atoms with Crippen molar-refractivity contribution in [2.45, 2.75) is 83.5 Å². The first-order valence-electron chi connectivity index (χ1n) is 9.43. The fourth-order valence-corrected chi connectivity index (χ4v) is 6.83. The summed E-state index contributed by atoms with van der Waals surface area (Å²) in [5, 5.41) is 0. The Morgan fingerprint density at radius 1 is 0.316 bits per heavy atom. The smallest absolute Gasteiger partial charge is 0.0352 e. The molecule has 4 aliphatic rings. The van der Waals surface area contributed by atoms with Gasteiger partial charge >= 0.3 is 0 Å². The van der Waals surface area contributed by atoms with Gasteiger partial charge in [0, 0.05) is 0 Å². The van der Waals surface area contributed by atoms with Crippen LogP contribution in [0.25, 0.3) is 0 Å². The Bertz CT molecular complexity index is 307. The van der Waals surface area contributed by atoms with E-state index in [1.54, 1.807) is 83.5 Å². The third-order valence-electron chi connectivity index (χ3n) is 7.57. The van der Waals surface area contributed by atoms with Crippen molar-refractivity contribution in [1.29, 1.82) is 0 Å². The molecule has 0 amide bonds. The predicted octanol–water partition coefficient (Wildman–Crippen LogP) is 5.81. The third-order valence-corrected chi connectivity index (χ3v) is 7.57. The van der Waals surface area contributed by atoms with Gasteiger partial charge in [0.2, 0.25) is 0 Å². The fourth-order valence-electron chi connectivity index (χ4n) is 6.83. The second-order valence-corrected chi connectivity index (χ2v) is 8.25. The van der Waals surface area contributed by atoms with Crippen molar-refractivity contribution < 1.29 is 0 Å². The molecule has 0 aromatic carbocycles. The fraction of sp³-hybridized carbons (Fsp3) is 1.00. The Balaban J connectivity index is 1.56. The summed E-state index contributed by atoms with van der Waals surface area (Å²) in [6.45, 7) is 0. The number of hydrogen-bond acceptors (Lipinski definition) is 0. The van der Waals surface area contributed by atoms with Crippen LogP contribution in [0.1, 0.15) is 83.5 Å². The molecule has 4 fully saturated rings. The van der Waals surface area contributed by atoms with E-state index in [2.05, 4.69) is 0 Å². The van der Waals surface area contributed by atoms with Crippen molar-refractivity contribution in [3.05, 3.63) is 0 Å². The van der Waals surface area contributed by atoms with E-state index in [0.29, 0.717) is 0 Å². The minimum atomic E-state index is 1.14. The van der Waals surface area contributed by atoms with Crippen LogP contribution in [0.3, 0.4) is 0 Å². The zero-order chi connectivity index (χ0) is 12.7. The van der Waals surface area contributed by atoms with Crippen LogP contribution < -0.4 is 0 Å². The summed E-state index contributed by atoms with van der Waals surface area (Å²) in [4.78, 5) is 0. The summed E-state index contributed by atoms with van der Waals surface area (Å²) in [5.41, 5.74) is 0. The lowest BCUT2D eigenvalue weighted by Gasteiger charge is -2.49. The Labute approximate surface area is 119 Å². The highest BCUT2D eigenvalue weighted by Gasteiger charge is 2.46. The van der Waals surface area contributed by atoms with E-state index in [4.69, 9.17) is 0 Å². The van der Waals surface area contributed by atoms with Crippen LogP contribution >= 0.6 is 0 Å². The van der Waals surface area contributed by atoms with Crippen LogP contribution in [0.4, 0.5) is 0 Å². The van der Waals surface area contributed by atoms with Gasteiger partial charge < -0.3 is 0 Å². The van der Waals surface area contributed by atoms with Crippen LogP contribution in [-0.4, -0.2) is 0 Å². The van der Waals surface area contributed by atoms with Crippen LogP contribution in [0, 0.1) is 35.5 Å². The Hall–Kier alpha value is 0. The Morgan fingerprint density at radius 2 is 0.789 bits per heavy atom. The van der Waals surface area contributed by atoms with Gasteiger partial charge in [-0.2, -0.15) is 0 Å². The second-order valence-electron chi connectivity index (χ2n) is 8.25. The van der Waals surface area contributed by atoms with Crippen molar-refractivity contribution in [2.24, 2.45) is 35.5 Å². The molecule has 0 heterocycles. The highest BCUT2D eigenvalue weighted by atomic mass is 14.5. The van der Waals surface area contributed by atoms with Gasteiger partial charge in [-0.25, -0.2) is 0 Å². The topological polar surface area (TPSA) is 0 Å². The number of hydrogen-bond donors (Lipinski definition) is 0. The van der Waals surface area contributed by atoms with Crippen molar-refractivity contribution in [2.75, 3.05) is 0 Å². The molecular formula is C19H32. The molecule has 19 heavy (non-hydrogen) atoms. The largest absolute Gasteiger partial charge is 0.0530 e. The minimum Gasteiger partial charge on any atom is -0.0530 e. The predicted molar refractivity (Wildman–Crippen MR) is 81.0 cm³/mol. The van der Waals surface area contributed by atoms with Crippen LogP contribution in [0.2, 0.25) is 0 Å². The molecule has 6 unspecified atom stereocenters. The van der Waals surface area contributed by atoms with E-state index in [0.717, 1.165) is 35.5 Å². The Morgan fingerprint density at radius 3 is 1.53 bits per heavy atom. The highest BCUT2D eigenvalue weighted by Crippen LogP contribution is 2.55. The molecule has 4 saturated carbocycles. The zero-order valence-electron chi connectivity index (χ0n) is 12.7. The second kappa shape index (κ2) is 5.41. The molecule has 0 saturated heterocycles. The first-order chi connectivity index (χ1) is 9.43. The average molecular weight is 260 g/mol. The first-order valence-corrected chi connectivity index (χ1v) is 9.43. The third kappa shape index (κ3) is 2.28. The molecule has 0 N–H and O–H groups in total. The van der Waals surface area contributed by atoms with E-state index in [1.165, 1.54) is 0 Å². The maximum Gasteiger partial charge on any atom is -0.0352 e. The molecule has 0 aromatic rings. The minimum absolute atomic E-state index is 1.14. The monoisotopic (exact) mass is 260 g/mol. The molecule has 0 heteroatoms. The van der Waals surface area contributed by atoms with E-state index < -0.39 is 0 Å². The van der Waals surface area contributed by atoms with Crippen LogP contribution in [0.15, 0.2) is 0 Å². The normalized spacial score (nSPS) is 50.5. The lowest BCUT2D eigenvalue weighted by molar-refractivity contribution is 0.00735. The standard InChI is InChI=1S/C19H32/c1-3-9-16-14(6-1)8-5-11-18-17-10-4-2-7-15(17)12-13-19(16)18/h14-19H,1-13H2. The molecule has 0 spiro atoms. The van der Waals surface area contributed by atoms with Crippen molar-refractivity contribution in [1.82, 2.24) is 0 Å². The van der Waals surface area contributed by atoms with E-state index >= 15 is 0 Å². The molecule has 0 bridgehead atoms. The zero-order valence-corrected chi connectivity index (χ0v) is 12.7.